The first kappa shape index (κ1) is 14.1. The summed E-state index contributed by atoms with van der Waals surface area (Å²) < 4.78 is 0. The second kappa shape index (κ2) is 6.26. The topological polar surface area (TPSA) is 17.1 Å². The number of carbonyl (C=O) groups excluding carboxylic acids is 1. The fourth-order valence-corrected chi connectivity index (χ4v) is 3.37. The van der Waals surface area contributed by atoms with Gasteiger partial charge in [0.1, 0.15) is 5.78 Å². The molecule has 0 N–H and O–H groups in total. The van der Waals surface area contributed by atoms with Gasteiger partial charge in [0.2, 0.25) is 0 Å². The maximum Gasteiger partial charge on any atom is 0.134 e. The summed E-state index contributed by atoms with van der Waals surface area (Å²) in [4.78, 5) is 11.5. The zero-order chi connectivity index (χ0) is 14.5. The summed E-state index contributed by atoms with van der Waals surface area (Å²) in [6.45, 7) is 0. The third-order valence-electron chi connectivity index (χ3n) is 4.72. The minimum absolute atomic E-state index is 0.253. The highest BCUT2D eigenvalue weighted by Crippen LogP contribution is 2.46. The molecule has 108 valence electrons. The molecule has 0 amide bonds. The molecule has 0 heterocycles. The summed E-state index contributed by atoms with van der Waals surface area (Å²) in [6.07, 6.45) is 6.01. The van der Waals surface area contributed by atoms with Gasteiger partial charge in [-0.2, -0.15) is 0 Å². The van der Waals surface area contributed by atoms with Crippen LogP contribution in [0.5, 0.6) is 0 Å². The molecule has 0 spiro atoms. The van der Waals surface area contributed by atoms with E-state index in [-0.39, 0.29) is 5.41 Å². The normalized spacial score (nSPS) is 16.5. The molecule has 0 aliphatic heterocycles. The fraction of sp³-hybridized carbons (Fsp3) is 0.350. The number of benzene rings is 2. The van der Waals surface area contributed by atoms with Crippen LogP contribution in [0.3, 0.4) is 0 Å². The molecule has 3 rings (SSSR count). The molecule has 1 nitrogen and oxygen atoms in total. The van der Waals surface area contributed by atoms with Crippen molar-refractivity contribution in [3.63, 3.8) is 0 Å². The van der Waals surface area contributed by atoms with Gasteiger partial charge >= 0.3 is 0 Å². The van der Waals surface area contributed by atoms with Crippen LogP contribution in [0.15, 0.2) is 60.7 Å². The van der Waals surface area contributed by atoms with Crippen LogP contribution in [-0.2, 0) is 17.6 Å². The number of rotatable bonds is 6. The third-order valence-corrected chi connectivity index (χ3v) is 4.72. The van der Waals surface area contributed by atoms with Gasteiger partial charge in [0.25, 0.3) is 0 Å². The van der Waals surface area contributed by atoms with Gasteiger partial charge in [0, 0.05) is 12.8 Å². The second-order valence-corrected chi connectivity index (χ2v) is 6.36. The number of Topliss-reactive ketones (excluding diaryl/α,β-unsaturated/α-hetero) is 1. The lowest BCUT2D eigenvalue weighted by Crippen LogP contribution is -2.38. The highest BCUT2D eigenvalue weighted by Gasteiger charge is 2.42. The molecule has 1 aliphatic carbocycles. The Morgan fingerprint density at radius 3 is 1.52 bits per heavy atom. The van der Waals surface area contributed by atoms with Crippen molar-refractivity contribution in [2.24, 2.45) is 5.41 Å². The van der Waals surface area contributed by atoms with Crippen LogP contribution in [-0.4, -0.2) is 5.78 Å². The molecule has 0 saturated heterocycles. The van der Waals surface area contributed by atoms with Crippen LogP contribution in [0.1, 0.15) is 36.8 Å². The van der Waals surface area contributed by atoms with Crippen molar-refractivity contribution >= 4 is 5.78 Å². The van der Waals surface area contributed by atoms with E-state index < -0.39 is 0 Å². The van der Waals surface area contributed by atoms with Gasteiger partial charge in [0.15, 0.2) is 0 Å². The molecule has 0 unspecified atom stereocenters. The zero-order valence-corrected chi connectivity index (χ0v) is 12.4. The molecule has 1 saturated carbocycles. The smallest absolute Gasteiger partial charge is 0.134 e. The molecule has 0 bridgehead atoms. The van der Waals surface area contributed by atoms with E-state index in [0.29, 0.717) is 5.78 Å². The van der Waals surface area contributed by atoms with Crippen molar-refractivity contribution < 1.29 is 4.79 Å². The third kappa shape index (κ3) is 3.60. The van der Waals surface area contributed by atoms with Crippen molar-refractivity contribution in [1.29, 1.82) is 0 Å². The summed E-state index contributed by atoms with van der Waals surface area (Å²) in [7, 11) is 0. The number of carbonyl (C=O) groups is 1. The van der Waals surface area contributed by atoms with Gasteiger partial charge < -0.3 is 0 Å². The van der Waals surface area contributed by atoms with E-state index >= 15 is 0 Å². The predicted molar refractivity (Wildman–Crippen MR) is 86.2 cm³/mol. The SMILES string of the molecule is O=C1CC(CCc2ccccc2)(CCc2ccccc2)C1. The molecule has 2 aromatic carbocycles. The average molecular weight is 278 g/mol. The van der Waals surface area contributed by atoms with E-state index in [1.165, 1.54) is 11.1 Å². The van der Waals surface area contributed by atoms with Gasteiger partial charge in [0.05, 0.1) is 0 Å². The van der Waals surface area contributed by atoms with Gasteiger partial charge in [-0.05, 0) is 42.2 Å². The van der Waals surface area contributed by atoms with Crippen molar-refractivity contribution in [1.82, 2.24) is 0 Å². The molecule has 1 heteroatoms. The van der Waals surface area contributed by atoms with Gasteiger partial charge in [-0.1, -0.05) is 60.7 Å². The van der Waals surface area contributed by atoms with E-state index in [2.05, 4.69) is 60.7 Å². The number of ketones is 1. The lowest BCUT2D eigenvalue weighted by molar-refractivity contribution is -0.133. The first-order chi connectivity index (χ1) is 10.3. The highest BCUT2D eigenvalue weighted by atomic mass is 16.1. The monoisotopic (exact) mass is 278 g/mol. The summed E-state index contributed by atoms with van der Waals surface area (Å²) >= 11 is 0. The van der Waals surface area contributed by atoms with Gasteiger partial charge in [-0.3, -0.25) is 4.79 Å². The number of hydrogen-bond acceptors (Lipinski definition) is 1. The molecular formula is C20H22O. The Kier molecular flexibility index (Phi) is 4.19. The van der Waals surface area contributed by atoms with Crippen LogP contribution in [0.4, 0.5) is 0 Å². The summed E-state index contributed by atoms with van der Waals surface area (Å²) in [6, 6.07) is 21.2. The van der Waals surface area contributed by atoms with Gasteiger partial charge in [-0.25, -0.2) is 0 Å². The van der Waals surface area contributed by atoms with Crippen molar-refractivity contribution in [3.05, 3.63) is 71.8 Å². The summed E-state index contributed by atoms with van der Waals surface area (Å²) in [5.74, 6) is 0.441. The minimum atomic E-state index is 0.253. The highest BCUT2D eigenvalue weighted by molar-refractivity contribution is 5.86. The van der Waals surface area contributed by atoms with Crippen LogP contribution in [0, 0.1) is 5.41 Å². The molecular weight excluding hydrogens is 256 g/mol. The van der Waals surface area contributed by atoms with E-state index in [1.807, 2.05) is 0 Å². The van der Waals surface area contributed by atoms with Crippen molar-refractivity contribution in [2.75, 3.05) is 0 Å². The molecule has 21 heavy (non-hydrogen) atoms. The predicted octanol–water partition coefficient (Wildman–Crippen LogP) is 4.60. The maximum atomic E-state index is 11.5. The van der Waals surface area contributed by atoms with E-state index in [9.17, 15) is 4.79 Å². The minimum Gasteiger partial charge on any atom is -0.300 e. The van der Waals surface area contributed by atoms with Crippen LogP contribution in [0.25, 0.3) is 0 Å². The quantitative estimate of drug-likeness (QED) is 0.754. The van der Waals surface area contributed by atoms with Crippen molar-refractivity contribution in [3.8, 4) is 0 Å². The Morgan fingerprint density at radius 1 is 0.714 bits per heavy atom. The maximum absolute atomic E-state index is 11.5. The Balaban J connectivity index is 1.59. The van der Waals surface area contributed by atoms with Crippen LogP contribution in [0.2, 0.25) is 0 Å². The Bertz CT molecular complexity index is 532. The van der Waals surface area contributed by atoms with E-state index in [4.69, 9.17) is 0 Å². The molecule has 1 fully saturated rings. The van der Waals surface area contributed by atoms with E-state index in [0.717, 1.165) is 38.5 Å². The Morgan fingerprint density at radius 2 is 1.14 bits per heavy atom. The van der Waals surface area contributed by atoms with Gasteiger partial charge in [-0.15, -0.1) is 0 Å². The molecule has 0 radical (unpaired) electrons. The van der Waals surface area contributed by atoms with E-state index in [1.54, 1.807) is 0 Å². The van der Waals surface area contributed by atoms with Crippen molar-refractivity contribution in [2.45, 2.75) is 38.5 Å². The fourth-order valence-electron chi connectivity index (χ4n) is 3.37. The first-order valence-corrected chi connectivity index (χ1v) is 7.85. The van der Waals surface area contributed by atoms with Crippen LogP contribution >= 0.6 is 0 Å². The summed E-state index contributed by atoms with van der Waals surface area (Å²) in [5, 5.41) is 0. The molecule has 1 aliphatic rings. The lowest BCUT2D eigenvalue weighted by atomic mass is 9.62. The zero-order valence-electron chi connectivity index (χ0n) is 12.4. The summed E-state index contributed by atoms with van der Waals surface area (Å²) in [5.41, 5.74) is 3.02. The van der Waals surface area contributed by atoms with Crippen LogP contribution < -0.4 is 0 Å². The Hall–Kier alpha value is -1.89. The standard InChI is InChI=1S/C20H22O/c21-19-15-20(16-19,13-11-17-7-3-1-4-8-17)14-12-18-9-5-2-6-10-18/h1-10H,11-16H2. The lowest BCUT2D eigenvalue weighted by Gasteiger charge is -2.41. The first-order valence-electron chi connectivity index (χ1n) is 7.85. The molecule has 0 atom stereocenters. The molecule has 0 aromatic heterocycles. The average Bonchev–Trinajstić information content (AvgIpc) is 2.51. The Labute approximate surface area is 127 Å². The molecule has 2 aromatic rings. The number of aryl methyl sites for hydroxylation is 2. The number of hydrogen-bond donors (Lipinski definition) is 0. The second-order valence-electron chi connectivity index (χ2n) is 6.36. The largest absolute Gasteiger partial charge is 0.300 e.